The molecule has 2 saturated heterocycles. The van der Waals surface area contributed by atoms with Gasteiger partial charge in [0.1, 0.15) is 28.6 Å². The molecule has 0 aliphatic carbocycles. The van der Waals surface area contributed by atoms with Gasteiger partial charge in [-0.05, 0) is 70.0 Å². The monoisotopic (exact) mass is 680 g/mol. The smallest absolute Gasteiger partial charge is 0.407 e. The van der Waals surface area contributed by atoms with Gasteiger partial charge < -0.3 is 34.3 Å². The molecule has 0 bridgehead atoms. The van der Waals surface area contributed by atoms with Gasteiger partial charge in [0.2, 0.25) is 11.3 Å². The molecular weight excluding hydrogens is 647 g/mol. The number of carbonyl (C=O) groups excluding carboxylic acids is 1. The average Bonchev–Trinajstić information content (AvgIpc) is 3.46. The lowest BCUT2D eigenvalue weighted by Gasteiger charge is -2.40. The maximum absolute atomic E-state index is 13.3. The van der Waals surface area contributed by atoms with Gasteiger partial charge in [0.05, 0.1) is 40.2 Å². The Morgan fingerprint density at radius 2 is 1.89 bits per heavy atom. The van der Waals surface area contributed by atoms with Crippen molar-refractivity contribution >= 4 is 57.7 Å². The number of ether oxygens (including phenoxy) is 2. The first kappa shape index (κ1) is 32.4. The van der Waals surface area contributed by atoms with E-state index in [1.165, 1.54) is 12.3 Å². The zero-order valence-corrected chi connectivity index (χ0v) is 27.6. The minimum absolute atomic E-state index is 0.0346. The number of rotatable bonds is 8. The number of carboxylic acids is 1. The topological polar surface area (TPSA) is 139 Å². The summed E-state index contributed by atoms with van der Waals surface area (Å²) in [7, 11) is 0. The number of benzene rings is 1. The number of amides is 1. The Hall–Kier alpha value is -4.55. The second-order valence-corrected chi connectivity index (χ2v) is 13.4. The molecule has 1 aromatic carbocycles. The highest BCUT2D eigenvalue weighted by Gasteiger charge is 2.31. The molecule has 2 fully saturated rings. The van der Waals surface area contributed by atoms with Gasteiger partial charge in [-0.25, -0.2) is 19.6 Å². The van der Waals surface area contributed by atoms with E-state index < -0.39 is 23.1 Å². The van der Waals surface area contributed by atoms with Crippen molar-refractivity contribution in [3.8, 4) is 11.6 Å². The van der Waals surface area contributed by atoms with Crippen LogP contribution in [-0.4, -0.2) is 75.6 Å². The predicted molar refractivity (Wildman–Crippen MR) is 180 cm³/mol. The second kappa shape index (κ2) is 12.9. The van der Waals surface area contributed by atoms with Crippen LogP contribution in [0, 0.1) is 0 Å². The van der Waals surface area contributed by atoms with Crippen molar-refractivity contribution in [1.82, 2.24) is 19.9 Å². The van der Waals surface area contributed by atoms with Gasteiger partial charge in [-0.3, -0.25) is 4.79 Å². The number of carbonyl (C=O) groups is 2. The Labute approximate surface area is 280 Å². The van der Waals surface area contributed by atoms with E-state index in [0.29, 0.717) is 64.9 Å². The molecule has 0 saturated carbocycles. The summed E-state index contributed by atoms with van der Waals surface area (Å²) in [6.45, 7) is 7.59. The van der Waals surface area contributed by atoms with Crippen molar-refractivity contribution < 1.29 is 24.2 Å². The molecule has 6 rings (SSSR count). The zero-order valence-electron chi connectivity index (χ0n) is 26.1. The lowest BCUT2D eigenvalue weighted by molar-refractivity contribution is 0.0495. The Kier molecular flexibility index (Phi) is 8.91. The van der Waals surface area contributed by atoms with Gasteiger partial charge in [0, 0.05) is 37.4 Å². The van der Waals surface area contributed by atoms with Gasteiger partial charge in [-0.15, -0.1) is 0 Å². The Morgan fingerprint density at radius 1 is 1.11 bits per heavy atom. The van der Waals surface area contributed by atoms with Crippen LogP contribution in [0.1, 0.15) is 44.0 Å². The summed E-state index contributed by atoms with van der Waals surface area (Å²) in [6, 6.07) is 10.3. The maximum atomic E-state index is 13.3. The van der Waals surface area contributed by atoms with Gasteiger partial charge in [0.25, 0.3) is 0 Å². The largest absolute Gasteiger partial charge is 0.477 e. The highest BCUT2D eigenvalue weighted by Crippen LogP contribution is 2.36. The predicted octanol–water partition coefficient (Wildman–Crippen LogP) is 5.55. The van der Waals surface area contributed by atoms with E-state index >= 15 is 0 Å². The first-order valence-corrected chi connectivity index (χ1v) is 16.0. The molecule has 2 aliphatic heterocycles. The molecule has 246 valence electrons. The third-order valence-electron chi connectivity index (χ3n) is 8.06. The molecule has 1 amide bonds. The number of nitrogens with one attached hydrogen (secondary N) is 1. The van der Waals surface area contributed by atoms with Crippen molar-refractivity contribution in [2.75, 3.05) is 36.0 Å². The van der Waals surface area contributed by atoms with Crippen molar-refractivity contribution in [2.24, 2.45) is 0 Å². The first-order chi connectivity index (χ1) is 22.4. The Balaban J connectivity index is 1.27. The number of fused-ring (bicyclic) bond motifs is 1. The van der Waals surface area contributed by atoms with Crippen molar-refractivity contribution in [1.29, 1.82) is 0 Å². The number of hydrogen-bond donors (Lipinski definition) is 2. The van der Waals surface area contributed by atoms with Crippen LogP contribution in [0.15, 0.2) is 59.8 Å². The van der Waals surface area contributed by atoms with E-state index in [-0.39, 0.29) is 23.0 Å². The molecule has 14 heteroatoms. The molecular formula is C33H34Cl2N6O6. The van der Waals surface area contributed by atoms with E-state index in [0.717, 1.165) is 12.8 Å². The minimum atomic E-state index is -1.34. The molecule has 4 aromatic rings. The standard InChI is InChI=1S/C33H34Cl2N6O6/c1-33(2,3)47-32(45)38-19-15-39(16-19)28-9-8-20(14-37-28)41-17-23(31(43)44)29(42)22-12-25(35)27(13-26(22)41)40-11-5-6-21(40)18-46-30-24(34)7-4-10-36-30/h4,7-10,12-14,17,19,21H,5-6,11,15-16,18H2,1-3H3,(H,38,45)(H,43,44). The Bertz CT molecular complexity index is 1890. The van der Waals surface area contributed by atoms with E-state index in [1.807, 2.05) is 43.9 Å². The summed E-state index contributed by atoms with van der Waals surface area (Å²) in [5.41, 5.74) is 0.148. The zero-order chi connectivity index (χ0) is 33.5. The minimum Gasteiger partial charge on any atom is -0.477 e. The van der Waals surface area contributed by atoms with E-state index in [9.17, 15) is 19.5 Å². The number of alkyl carbamates (subject to hydrolysis) is 1. The number of aromatic carboxylic acids is 1. The van der Waals surface area contributed by atoms with Gasteiger partial charge in [-0.2, -0.15) is 0 Å². The fourth-order valence-electron chi connectivity index (χ4n) is 5.84. The molecule has 1 atom stereocenters. The summed E-state index contributed by atoms with van der Waals surface area (Å²) in [6.07, 6.45) is 5.84. The number of anilines is 2. The summed E-state index contributed by atoms with van der Waals surface area (Å²) in [4.78, 5) is 50.5. The lowest BCUT2D eigenvalue weighted by Crippen LogP contribution is -2.60. The number of hydrogen-bond acceptors (Lipinski definition) is 9. The van der Waals surface area contributed by atoms with Crippen LogP contribution >= 0.6 is 23.2 Å². The van der Waals surface area contributed by atoms with Crippen LogP contribution in [0.5, 0.6) is 5.88 Å². The fraction of sp³-hybridized carbons (Fsp3) is 0.364. The molecule has 3 aromatic heterocycles. The molecule has 0 radical (unpaired) electrons. The van der Waals surface area contributed by atoms with E-state index in [1.54, 1.807) is 29.1 Å². The quantitative estimate of drug-likeness (QED) is 0.244. The van der Waals surface area contributed by atoms with Gasteiger partial charge in [-0.1, -0.05) is 23.2 Å². The van der Waals surface area contributed by atoms with Gasteiger partial charge in [0.15, 0.2) is 0 Å². The summed E-state index contributed by atoms with van der Waals surface area (Å²) >= 11 is 13.0. The maximum Gasteiger partial charge on any atom is 0.407 e. The van der Waals surface area contributed by atoms with Crippen molar-refractivity contribution in [2.45, 2.75) is 51.3 Å². The summed E-state index contributed by atoms with van der Waals surface area (Å²) in [5, 5.41) is 13.6. The highest BCUT2D eigenvalue weighted by atomic mass is 35.5. The van der Waals surface area contributed by atoms with Crippen molar-refractivity contribution in [3.05, 3.63) is 80.8 Å². The molecule has 47 heavy (non-hydrogen) atoms. The second-order valence-electron chi connectivity index (χ2n) is 12.6. The van der Waals surface area contributed by atoms with Crippen LogP contribution in [0.3, 0.4) is 0 Å². The van der Waals surface area contributed by atoms with Crippen LogP contribution in [0.25, 0.3) is 16.6 Å². The number of pyridine rings is 3. The third kappa shape index (κ3) is 6.93. The highest BCUT2D eigenvalue weighted by molar-refractivity contribution is 6.34. The molecule has 2 N–H and O–H groups in total. The SMILES string of the molecule is CC(C)(C)OC(=O)NC1CN(c2ccc(-n3cc(C(=O)O)c(=O)c4cc(Cl)c(N5CCCC5COc5ncccc5Cl)cc43)cn2)C1. The van der Waals surface area contributed by atoms with E-state index in [4.69, 9.17) is 32.7 Å². The average molecular weight is 682 g/mol. The molecule has 5 heterocycles. The van der Waals surface area contributed by atoms with Crippen LogP contribution in [-0.2, 0) is 4.74 Å². The van der Waals surface area contributed by atoms with Crippen LogP contribution in [0.4, 0.5) is 16.3 Å². The van der Waals surface area contributed by atoms with Gasteiger partial charge >= 0.3 is 12.1 Å². The number of carboxylic acid groups (broad SMARTS) is 1. The van der Waals surface area contributed by atoms with E-state index in [2.05, 4.69) is 20.2 Å². The number of halogens is 2. The molecule has 1 unspecified atom stereocenters. The molecule has 0 spiro atoms. The summed E-state index contributed by atoms with van der Waals surface area (Å²) in [5.74, 6) is -0.300. The molecule has 2 aliphatic rings. The normalized spacial score (nSPS) is 16.7. The fourth-order valence-corrected chi connectivity index (χ4v) is 6.29. The number of aromatic nitrogens is 3. The van der Waals surface area contributed by atoms with Crippen LogP contribution in [0.2, 0.25) is 10.0 Å². The first-order valence-electron chi connectivity index (χ1n) is 15.2. The number of nitrogens with zero attached hydrogens (tertiary/aromatic N) is 5. The molecule has 12 nitrogen and oxygen atoms in total. The van der Waals surface area contributed by atoms with Crippen LogP contribution < -0.4 is 25.3 Å². The Morgan fingerprint density at radius 3 is 2.57 bits per heavy atom. The van der Waals surface area contributed by atoms with Crippen molar-refractivity contribution in [3.63, 3.8) is 0 Å². The summed E-state index contributed by atoms with van der Waals surface area (Å²) < 4.78 is 12.9. The third-order valence-corrected chi connectivity index (χ3v) is 8.65. The lowest BCUT2D eigenvalue weighted by atomic mass is 10.1.